The zero-order valence-corrected chi connectivity index (χ0v) is 14.8. The quantitative estimate of drug-likeness (QED) is 0.759. The average Bonchev–Trinajstić information content (AvgIpc) is 2.52. The van der Waals surface area contributed by atoms with Crippen molar-refractivity contribution in [2.45, 2.75) is 32.5 Å². The van der Waals surface area contributed by atoms with Gasteiger partial charge >= 0.3 is 0 Å². The molecular weight excluding hydrogens is 325 g/mol. The number of rotatable bonds is 7. The smallest absolute Gasteiger partial charge is 0.239 e. The summed E-state index contributed by atoms with van der Waals surface area (Å²) in [7, 11) is 0. The molecule has 138 valence electrons. The number of morpholine rings is 1. The monoisotopic (exact) mass is 351 g/mol. The van der Waals surface area contributed by atoms with Crippen LogP contribution in [0.2, 0.25) is 0 Å². The van der Waals surface area contributed by atoms with E-state index >= 15 is 0 Å². The first kappa shape index (κ1) is 19.3. The maximum Gasteiger partial charge on any atom is 0.239 e. The molecular formula is C18H26FN3O3. The van der Waals surface area contributed by atoms with Gasteiger partial charge in [0.05, 0.1) is 25.2 Å². The van der Waals surface area contributed by atoms with Crippen molar-refractivity contribution < 1.29 is 18.7 Å². The fourth-order valence-electron chi connectivity index (χ4n) is 2.96. The summed E-state index contributed by atoms with van der Waals surface area (Å²) in [6.45, 7) is 6.98. The van der Waals surface area contributed by atoms with Crippen LogP contribution in [0, 0.1) is 5.82 Å². The van der Waals surface area contributed by atoms with Crippen LogP contribution in [0.15, 0.2) is 24.3 Å². The fraction of sp³-hybridized carbons (Fsp3) is 0.556. The lowest BCUT2D eigenvalue weighted by atomic mass is 10.1. The molecule has 2 rings (SSSR count). The van der Waals surface area contributed by atoms with Crippen LogP contribution in [0.5, 0.6) is 0 Å². The molecule has 2 N–H and O–H groups in total. The van der Waals surface area contributed by atoms with Gasteiger partial charge in [-0.1, -0.05) is 12.1 Å². The second kappa shape index (κ2) is 9.48. The predicted octanol–water partition coefficient (Wildman–Crippen LogP) is 0.710. The molecule has 25 heavy (non-hydrogen) atoms. The van der Waals surface area contributed by atoms with Crippen LogP contribution in [0.4, 0.5) is 4.39 Å². The summed E-state index contributed by atoms with van der Waals surface area (Å²) in [4.78, 5) is 25.8. The zero-order chi connectivity index (χ0) is 18.2. The maximum atomic E-state index is 13.1. The summed E-state index contributed by atoms with van der Waals surface area (Å²) in [5, 5.41) is 5.34. The summed E-state index contributed by atoms with van der Waals surface area (Å²) in [5.74, 6) is -0.923. The van der Waals surface area contributed by atoms with E-state index in [4.69, 9.17) is 4.74 Å². The van der Waals surface area contributed by atoms with Gasteiger partial charge in [-0.05, 0) is 31.5 Å². The Morgan fingerprint density at radius 1 is 1.20 bits per heavy atom. The molecule has 2 atom stereocenters. The van der Waals surface area contributed by atoms with E-state index in [0.29, 0.717) is 12.1 Å². The van der Waals surface area contributed by atoms with Gasteiger partial charge in [0.1, 0.15) is 5.82 Å². The Bertz CT molecular complexity index is 587. The number of ether oxygens (including phenoxy) is 1. The highest BCUT2D eigenvalue weighted by Gasteiger charge is 2.21. The van der Waals surface area contributed by atoms with Crippen LogP contribution in [-0.2, 0) is 20.7 Å². The molecule has 0 spiro atoms. The first-order valence-corrected chi connectivity index (χ1v) is 8.58. The van der Waals surface area contributed by atoms with Gasteiger partial charge in [0.2, 0.25) is 11.8 Å². The molecule has 0 aliphatic carbocycles. The molecule has 0 bridgehead atoms. The third kappa shape index (κ3) is 7.19. The molecule has 1 aliphatic heterocycles. The van der Waals surface area contributed by atoms with E-state index in [0.717, 1.165) is 19.6 Å². The maximum absolute atomic E-state index is 13.1. The summed E-state index contributed by atoms with van der Waals surface area (Å²) in [6.07, 6.45) is 0.442. The molecule has 6 nitrogen and oxygen atoms in total. The van der Waals surface area contributed by atoms with Gasteiger partial charge in [0.15, 0.2) is 0 Å². The SMILES string of the molecule is CC1CN(CCNC(=O)CNC(=O)Cc2cccc(F)c2)CC(C)O1. The molecule has 1 aliphatic rings. The van der Waals surface area contributed by atoms with Crippen LogP contribution < -0.4 is 10.6 Å². The summed E-state index contributed by atoms with van der Waals surface area (Å²) in [5.41, 5.74) is 0.577. The molecule has 2 amide bonds. The van der Waals surface area contributed by atoms with Crippen molar-refractivity contribution in [3.8, 4) is 0 Å². The van der Waals surface area contributed by atoms with Gasteiger partial charge in [-0.2, -0.15) is 0 Å². The van der Waals surface area contributed by atoms with Crippen LogP contribution in [-0.4, -0.2) is 61.6 Å². The van der Waals surface area contributed by atoms with E-state index in [-0.39, 0.29) is 42.8 Å². The number of nitrogens with one attached hydrogen (secondary N) is 2. The minimum atomic E-state index is -0.380. The number of amides is 2. The molecule has 2 unspecified atom stereocenters. The number of carbonyl (C=O) groups is 2. The minimum absolute atomic E-state index is 0.0502. The van der Waals surface area contributed by atoms with Gasteiger partial charge in [-0.15, -0.1) is 0 Å². The number of halogens is 1. The number of nitrogens with zero attached hydrogens (tertiary/aromatic N) is 1. The van der Waals surface area contributed by atoms with E-state index < -0.39 is 0 Å². The lowest BCUT2D eigenvalue weighted by molar-refractivity contribution is -0.125. The standard InChI is InChI=1S/C18H26FN3O3/c1-13-11-22(12-14(2)25-13)7-6-20-18(24)10-21-17(23)9-15-4-3-5-16(19)8-15/h3-5,8,13-14H,6-7,9-12H2,1-2H3,(H,20,24)(H,21,23). The topological polar surface area (TPSA) is 70.7 Å². The minimum Gasteiger partial charge on any atom is -0.373 e. The number of carbonyl (C=O) groups excluding carboxylic acids is 2. The van der Waals surface area contributed by atoms with Crippen LogP contribution >= 0.6 is 0 Å². The Kier molecular flexibility index (Phi) is 7.33. The second-order valence-corrected chi connectivity index (χ2v) is 6.45. The molecule has 0 radical (unpaired) electrons. The van der Waals surface area contributed by atoms with Crippen molar-refractivity contribution in [2.75, 3.05) is 32.7 Å². The zero-order valence-electron chi connectivity index (χ0n) is 14.8. The molecule has 1 saturated heterocycles. The Hall–Kier alpha value is -1.99. The van der Waals surface area contributed by atoms with Crippen molar-refractivity contribution in [1.29, 1.82) is 0 Å². The molecule has 1 fully saturated rings. The van der Waals surface area contributed by atoms with Gasteiger partial charge < -0.3 is 15.4 Å². The molecule has 1 aromatic rings. The largest absolute Gasteiger partial charge is 0.373 e. The first-order chi connectivity index (χ1) is 11.9. The normalized spacial score (nSPS) is 20.9. The molecule has 7 heteroatoms. The summed E-state index contributed by atoms with van der Waals surface area (Å²) >= 11 is 0. The first-order valence-electron chi connectivity index (χ1n) is 8.58. The second-order valence-electron chi connectivity index (χ2n) is 6.45. The molecule has 1 heterocycles. The third-order valence-corrected chi connectivity index (χ3v) is 3.95. The number of hydrogen-bond acceptors (Lipinski definition) is 4. The number of hydrogen-bond donors (Lipinski definition) is 2. The summed E-state index contributed by atoms with van der Waals surface area (Å²) < 4.78 is 18.7. The van der Waals surface area contributed by atoms with E-state index in [1.54, 1.807) is 12.1 Å². The van der Waals surface area contributed by atoms with E-state index in [1.807, 2.05) is 13.8 Å². The van der Waals surface area contributed by atoms with E-state index in [2.05, 4.69) is 15.5 Å². The third-order valence-electron chi connectivity index (χ3n) is 3.95. The number of benzene rings is 1. The van der Waals surface area contributed by atoms with E-state index in [1.165, 1.54) is 12.1 Å². The Labute approximate surface area is 147 Å². The fourth-order valence-corrected chi connectivity index (χ4v) is 2.96. The predicted molar refractivity (Wildman–Crippen MR) is 92.6 cm³/mol. The van der Waals surface area contributed by atoms with Crippen molar-refractivity contribution >= 4 is 11.8 Å². The molecule has 0 aromatic heterocycles. The van der Waals surface area contributed by atoms with Crippen molar-refractivity contribution in [3.05, 3.63) is 35.6 Å². The van der Waals surface area contributed by atoms with Gasteiger partial charge in [0.25, 0.3) is 0 Å². The lowest BCUT2D eigenvalue weighted by Gasteiger charge is -2.35. The van der Waals surface area contributed by atoms with Gasteiger partial charge in [-0.25, -0.2) is 4.39 Å². The van der Waals surface area contributed by atoms with E-state index in [9.17, 15) is 14.0 Å². The van der Waals surface area contributed by atoms with Crippen LogP contribution in [0.1, 0.15) is 19.4 Å². The highest BCUT2D eigenvalue weighted by Crippen LogP contribution is 2.09. The van der Waals surface area contributed by atoms with Crippen LogP contribution in [0.25, 0.3) is 0 Å². The highest BCUT2D eigenvalue weighted by molar-refractivity contribution is 5.85. The highest BCUT2D eigenvalue weighted by atomic mass is 19.1. The average molecular weight is 351 g/mol. The lowest BCUT2D eigenvalue weighted by Crippen LogP contribution is -2.48. The Morgan fingerprint density at radius 2 is 1.92 bits per heavy atom. The molecule has 0 saturated carbocycles. The van der Waals surface area contributed by atoms with Gasteiger partial charge in [0, 0.05) is 26.2 Å². The van der Waals surface area contributed by atoms with Crippen molar-refractivity contribution in [2.24, 2.45) is 0 Å². The van der Waals surface area contributed by atoms with Crippen LogP contribution in [0.3, 0.4) is 0 Å². The van der Waals surface area contributed by atoms with Crippen molar-refractivity contribution in [3.63, 3.8) is 0 Å². The Balaban J connectivity index is 1.61. The summed E-state index contributed by atoms with van der Waals surface area (Å²) in [6, 6.07) is 5.86. The van der Waals surface area contributed by atoms with Crippen molar-refractivity contribution in [1.82, 2.24) is 15.5 Å². The van der Waals surface area contributed by atoms with Gasteiger partial charge in [-0.3, -0.25) is 14.5 Å². The Morgan fingerprint density at radius 3 is 2.60 bits per heavy atom. The molecule has 1 aromatic carbocycles.